The molecule has 0 spiro atoms. The molecule has 3 rings (SSSR count). The number of nitrogens with zero attached hydrogens (tertiary/aromatic N) is 2. The highest BCUT2D eigenvalue weighted by Crippen LogP contribution is 2.24. The molecule has 0 fully saturated rings. The smallest absolute Gasteiger partial charge is 0.253 e. The van der Waals surface area contributed by atoms with Crippen molar-refractivity contribution in [3.63, 3.8) is 0 Å². The maximum absolute atomic E-state index is 13.0. The fraction of sp³-hybridized carbons (Fsp3) is 0.167. The number of nitrogens with one attached hydrogen (secondary N) is 1. The van der Waals surface area contributed by atoms with Gasteiger partial charge in [-0.15, -0.1) is 0 Å². The van der Waals surface area contributed by atoms with Crippen molar-refractivity contribution in [1.29, 1.82) is 0 Å². The Morgan fingerprint density at radius 2 is 2.00 bits per heavy atom. The number of amides is 1. The Balaban J connectivity index is 1.75. The van der Waals surface area contributed by atoms with Gasteiger partial charge in [0.1, 0.15) is 17.6 Å². The van der Waals surface area contributed by atoms with Gasteiger partial charge < -0.3 is 14.6 Å². The quantitative estimate of drug-likeness (QED) is 0.672. The summed E-state index contributed by atoms with van der Waals surface area (Å²) in [4.78, 5) is 16.8. The summed E-state index contributed by atoms with van der Waals surface area (Å²) >= 11 is 3.35. The van der Waals surface area contributed by atoms with Crippen LogP contribution >= 0.6 is 15.9 Å². The zero-order valence-electron chi connectivity index (χ0n) is 14.0. The molecule has 1 aromatic heterocycles. The van der Waals surface area contributed by atoms with Crippen molar-refractivity contribution in [3.05, 3.63) is 64.2 Å². The Labute approximate surface area is 157 Å². The van der Waals surface area contributed by atoms with Crippen LogP contribution in [0.5, 0.6) is 5.75 Å². The van der Waals surface area contributed by atoms with E-state index in [-0.39, 0.29) is 17.6 Å². The number of rotatable bonds is 5. The molecule has 134 valence electrons. The number of benzene rings is 2. The molecule has 0 saturated carbocycles. The molecule has 1 atom stereocenters. The second kappa shape index (κ2) is 7.65. The van der Waals surface area contributed by atoms with Gasteiger partial charge >= 0.3 is 0 Å². The van der Waals surface area contributed by atoms with Gasteiger partial charge in [0.25, 0.3) is 5.91 Å². The molecule has 0 saturated heterocycles. The van der Waals surface area contributed by atoms with E-state index in [0.717, 1.165) is 0 Å². The summed E-state index contributed by atoms with van der Waals surface area (Å²) in [5.41, 5.74) is 1.05. The number of hydrogen-bond donors (Lipinski definition) is 1. The van der Waals surface area contributed by atoms with Crippen molar-refractivity contribution in [2.75, 3.05) is 7.11 Å². The Morgan fingerprint density at radius 1 is 1.27 bits per heavy atom. The Kier molecular flexibility index (Phi) is 5.32. The van der Waals surface area contributed by atoms with Crippen LogP contribution in [0.15, 0.2) is 51.5 Å². The number of carbonyl (C=O) groups excluding carboxylic acids is 1. The number of halogens is 2. The van der Waals surface area contributed by atoms with Crippen LogP contribution in [-0.2, 0) is 0 Å². The number of ether oxygens (including phenoxy) is 1. The van der Waals surface area contributed by atoms with Gasteiger partial charge in [-0.1, -0.05) is 5.16 Å². The Morgan fingerprint density at radius 3 is 2.69 bits per heavy atom. The van der Waals surface area contributed by atoms with Gasteiger partial charge in [-0.3, -0.25) is 4.79 Å². The fourth-order valence-corrected chi connectivity index (χ4v) is 2.70. The summed E-state index contributed by atoms with van der Waals surface area (Å²) in [5.74, 6) is 0.481. The van der Waals surface area contributed by atoms with Crippen molar-refractivity contribution in [2.45, 2.75) is 13.0 Å². The van der Waals surface area contributed by atoms with Crippen LogP contribution in [0.2, 0.25) is 0 Å². The molecule has 8 heteroatoms. The van der Waals surface area contributed by atoms with E-state index in [9.17, 15) is 9.18 Å². The highest BCUT2D eigenvalue weighted by molar-refractivity contribution is 9.10. The van der Waals surface area contributed by atoms with E-state index in [4.69, 9.17) is 9.26 Å². The molecule has 0 aliphatic heterocycles. The summed E-state index contributed by atoms with van der Waals surface area (Å²) in [5, 5.41) is 6.67. The van der Waals surface area contributed by atoms with Crippen LogP contribution in [0.1, 0.15) is 29.2 Å². The molecule has 0 radical (unpaired) electrons. The standard InChI is InChI=1S/C18H15BrFN3O3/c1-10(21-17(24)14-9-13(25-2)7-8-15(14)19)18-22-16(23-26-18)11-3-5-12(20)6-4-11/h3-10H,1-2H3,(H,21,24). The first-order chi connectivity index (χ1) is 12.5. The fourth-order valence-electron chi connectivity index (χ4n) is 2.27. The molecule has 1 heterocycles. The number of aromatic nitrogens is 2. The van der Waals surface area contributed by atoms with E-state index in [2.05, 4.69) is 31.4 Å². The molecule has 1 N–H and O–H groups in total. The van der Waals surface area contributed by atoms with Crippen LogP contribution in [0.3, 0.4) is 0 Å². The van der Waals surface area contributed by atoms with Crippen LogP contribution in [-0.4, -0.2) is 23.2 Å². The number of carbonyl (C=O) groups is 1. The minimum absolute atomic E-state index is 0.247. The van der Waals surface area contributed by atoms with E-state index < -0.39 is 6.04 Å². The molecule has 26 heavy (non-hydrogen) atoms. The summed E-state index contributed by atoms with van der Waals surface area (Å²) in [6, 6.07) is 10.3. The molecule has 1 amide bonds. The topological polar surface area (TPSA) is 77.2 Å². The molecule has 0 bridgehead atoms. The molecule has 3 aromatic rings. The van der Waals surface area contributed by atoms with E-state index in [1.807, 2.05) is 0 Å². The summed E-state index contributed by atoms with van der Waals surface area (Å²) in [6.07, 6.45) is 0. The summed E-state index contributed by atoms with van der Waals surface area (Å²) in [6.45, 7) is 1.73. The molecule has 1 unspecified atom stereocenters. The van der Waals surface area contributed by atoms with Crippen molar-refractivity contribution >= 4 is 21.8 Å². The highest BCUT2D eigenvalue weighted by Gasteiger charge is 2.20. The third-order valence-corrected chi connectivity index (χ3v) is 4.37. The van der Waals surface area contributed by atoms with Crippen LogP contribution in [0.25, 0.3) is 11.4 Å². The molecule has 2 aromatic carbocycles. The second-order valence-electron chi connectivity index (χ2n) is 5.50. The SMILES string of the molecule is COc1ccc(Br)c(C(=O)NC(C)c2nc(-c3ccc(F)cc3)no2)c1. The number of hydrogen-bond acceptors (Lipinski definition) is 5. The average Bonchev–Trinajstić information content (AvgIpc) is 3.13. The minimum Gasteiger partial charge on any atom is -0.497 e. The zero-order chi connectivity index (χ0) is 18.7. The molecular weight excluding hydrogens is 405 g/mol. The lowest BCUT2D eigenvalue weighted by molar-refractivity contribution is 0.0931. The molecule has 0 aliphatic carbocycles. The largest absolute Gasteiger partial charge is 0.497 e. The van der Waals surface area contributed by atoms with Gasteiger partial charge in [0, 0.05) is 10.0 Å². The van der Waals surface area contributed by atoms with Crippen molar-refractivity contribution < 1.29 is 18.4 Å². The van der Waals surface area contributed by atoms with Gasteiger partial charge in [0.2, 0.25) is 11.7 Å². The van der Waals surface area contributed by atoms with Crippen molar-refractivity contribution in [1.82, 2.24) is 15.5 Å². The minimum atomic E-state index is -0.512. The van der Waals surface area contributed by atoms with E-state index in [1.54, 1.807) is 37.3 Å². The van der Waals surface area contributed by atoms with Crippen molar-refractivity contribution in [3.8, 4) is 17.1 Å². The Hall–Kier alpha value is -2.74. The lowest BCUT2D eigenvalue weighted by atomic mass is 10.2. The van der Waals surface area contributed by atoms with Crippen LogP contribution in [0.4, 0.5) is 4.39 Å². The zero-order valence-corrected chi connectivity index (χ0v) is 15.6. The summed E-state index contributed by atoms with van der Waals surface area (Å²) < 4.78 is 24.0. The van der Waals surface area contributed by atoms with Crippen molar-refractivity contribution in [2.24, 2.45) is 0 Å². The normalized spacial score (nSPS) is 11.8. The lowest BCUT2D eigenvalue weighted by Crippen LogP contribution is -2.27. The van der Waals surface area contributed by atoms with Gasteiger partial charge in [-0.05, 0) is 65.3 Å². The predicted octanol–water partition coefficient (Wildman–Crippen LogP) is 4.14. The maximum Gasteiger partial charge on any atom is 0.253 e. The molecule has 0 aliphatic rings. The van der Waals surface area contributed by atoms with Crippen LogP contribution in [0, 0.1) is 5.82 Å². The molecule has 6 nitrogen and oxygen atoms in total. The predicted molar refractivity (Wildman–Crippen MR) is 96.3 cm³/mol. The summed E-state index contributed by atoms with van der Waals surface area (Å²) in [7, 11) is 1.53. The van der Waals surface area contributed by atoms with Gasteiger partial charge in [-0.25, -0.2) is 4.39 Å². The lowest BCUT2D eigenvalue weighted by Gasteiger charge is -2.11. The van der Waals surface area contributed by atoms with Crippen LogP contribution < -0.4 is 10.1 Å². The first kappa shape index (κ1) is 18.1. The Bertz CT molecular complexity index is 928. The number of methoxy groups -OCH3 is 1. The maximum atomic E-state index is 13.0. The first-order valence-electron chi connectivity index (χ1n) is 7.72. The van der Waals surface area contributed by atoms with E-state index >= 15 is 0 Å². The van der Waals surface area contributed by atoms with Gasteiger partial charge in [-0.2, -0.15) is 4.98 Å². The second-order valence-corrected chi connectivity index (χ2v) is 6.36. The third-order valence-electron chi connectivity index (χ3n) is 3.68. The van der Waals surface area contributed by atoms with Gasteiger partial charge in [0.15, 0.2) is 0 Å². The van der Waals surface area contributed by atoms with Gasteiger partial charge in [0.05, 0.1) is 12.7 Å². The highest BCUT2D eigenvalue weighted by atomic mass is 79.9. The van der Waals surface area contributed by atoms with E-state index in [1.165, 1.54) is 19.2 Å². The average molecular weight is 420 g/mol. The monoisotopic (exact) mass is 419 g/mol. The van der Waals surface area contributed by atoms with E-state index in [0.29, 0.717) is 27.2 Å². The third kappa shape index (κ3) is 3.91. The molecular formula is C18H15BrFN3O3. The first-order valence-corrected chi connectivity index (χ1v) is 8.51.